The summed E-state index contributed by atoms with van der Waals surface area (Å²) in [6.07, 6.45) is 7.39. The molecule has 9 heteroatoms. The average molecular weight is 331 g/mol. The van der Waals surface area contributed by atoms with Gasteiger partial charge in [0.2, 0.25) is 5.91 Å². The van der Waals surface area contributed by atoms with Crippen LogP contribution in [0, 0.1) is 0 Å². The third-order valence-electron chi connectivity index (χ3n) is 4.21. The van der Waals surface area contributed by atoms with E-state index in [4.69, 9.17) is 0 Å². The molecule has 1 N–H and O–H groups in total. The molecule has 9 nitrogen and oxygen atoms in total. The van der Waals surface area contributed by atoms with Crippen LogP contribution in [-0.4, -0.2) is 47.7 Å². The van der Waals surface area contributed by atoms with Gasteiger partial charge in [-0.25, -0.2) is 14.5 Å². The molecule has 3 heterocycles. The summed E-state index contributed by atoms with van der Waals surface area (Å²) in [5.41, 5.74) is -0.193. The molecular weight excluding hydrogens is 310 g/mol. The first kappa shape index (κ1) is 16.2. The van der Waals surface area contributed by atoms with Crippen molar-refractivity contribution < 1.29 is 4.79 Å². The first-order valence-corrected chi connectivity index (χ1v) is 7.96. The van der Waals surface area contributed by atoms with Gasteiger partial charge in [-0.2, -0.15) is 5.10 Å². The van der Waals surface area contributed by atoms with E-state index in [0.717, 1.165) is 19.3 Å². The highest BCUT2D eigenvalue weighted by atomic mass is 16.2. The molecule has 0 aromatic carbocycles. The van der Waals surface area contributed by atoms with Crippen LogP contribution in [0.1, 0.15) is 25.1 Å². The predicted octanol–water partition coefficient (Wildman–Crippen LogP) is -0.0980. The first-order valence-electron chi connectivity index (χ1n) is 7.96. The SMILES string of the molecule is Cn1nc(CN2CCCCC(Nc3cnccn3)C2=O)n(C)c1=O. The molecule has 2 aromatic rings. The van der Waals surface area contributed by atoms with E-state index in [-0.39, 0.29) is 17.6 Å². The zero-order valence-corrected chi connectivity index (χ0v) is 13.8. The molecule has 0 spiro atoms. The smallest absolute Gasteiger partial charge is 0.345 e. The van der Waals surface area contributed by atoms with Crippen LogP contribution in [0.2, 0.25) is 0 Å². The number of hydrogen-bond donors (Lipinski definition) is 1. The van der Waals surface area contributed by atoms with Crippen molar-refractivity contribution in [3.05, 3.63) is 34.9 Å². The van der Waals surface area contributed by atoms with E-state index in [1.807, 2.05) is 0 Å². The number of rotatable bonds is 4. The van der Waals surface area contributed by atoms with E-state index in [0.29, 0.717) is 24.7 Å². The molecule has 0 aliphatic carbocycles. The van der Waals surface area contributed by atoms with Crippen molar-refractivity contribution >= 4 is 11.7 Å². The minimum absolute atomic E-state index is 0.00347. The van der Waals surface area contributed by atoms with Gasteiger partial charge in [-0.1, -0.05) is 0 Å². The lowest BCUT2D eigenvalue weighted by molar-refractivity contribution is -0.132. The number of amides is 1. The van der Waals surface area contributed by atoms with E-state index in [2.05, 4.69) is 20.4 Å². The van der Waals surface area contributed by atoms with Crippen LogP contribution in [0.3, 0.4) is 0 Å². The number of hydrogen-bond acceptors (Lipinski definition) is 6. The molecular formula is C15H21N7O2. The van der Waals surface area contributed by atoms with Crippen LogP contribution < -0.4 is 11.0 Å². The second kappa shape index (κ2) is 6.81. The lowest BCUT2D eigenvalue weighted by atomic mass is 10.1. The van der Waals surface area contributed by atoms with Crippen molar-refractivity contribution in [2.24, 2.45) is 14.1 Å². The number of carbonyl (C=O) groups excluding carboxylic acids is 1. The highest BCUT2D eigenvalue weighted by Crippen LogP contribution is 2.17. The third kappa shape index (κ3) is 3.29. The number of nitrogens with one attached hydrogen (secondary N) is 1. The zero-order chi connectivity index (χ0) is 17.1. The minimum atomic E-state index is -0.343. The van der Waals surface area contributed by atoms with Gasteiger partial charge in [0.15, 0.2) is 5.82 Å². The maximum absolute atomic E-state index is 12.9. The van der Waals surface area contributed by atoms with Crippen molar-refractivity contribution in [3.8, 4) is 0 Å². The Morgan fingerprint density at radius 1 is 1.25 bits per heavy atom. The molecule has 1 atom stereocenters. The van der Waals surface area contributed by atoms with Crippen LogP contribution >= 0.6 is 0 Å². The molecule has 0 radical (unpaired) electrons. The monoisotopic (exact) mass is 331 g/mol. The highest BCUT2D eigenvalue weighted by Gasteiger charge is 2.28. The molecule has 1 amide bonds. The molecule has 2 aromatic heterocycles. The van der Waals surface area contributed by atoms with Crippen molar-refractivity contribution in [2.45, 2.75) is 31.8 Å². The molecule has 1 fully saturated rings. The summed E-state index contributed by atoms with van der Waals surface area (Å²) < 4.78 is 2.76. The summed E-state index contributed by atoms with van der Waals surface area (Å²) in [6, 6.07) is -0.343. The van der Waals surface area contributed by atoms with Crippen molar-refractivity contribution in [1.29, 1.82) is 0 Å². The van der Waals surface area contributed by atoms with Gasteiger partial charge >= 0.3 is 5.69 Å². The third-order valence-corrected chi connectivity index (χ3v) is 4.21. The Balaban J connectivity index is 1.76. The van der Waals surface area contributed by atoms with Crippen LogP contribution in [0.15, 0.2) is 23.4 Å². The molecule has 1 saturated heterocycles. The second-order valence-electron chi connectivity index (χ2n) is 5.92. The van der Waals surface area contributed by atoms with E-state index in [9.17, 15) is 9.59 Å². The van der Waals surface area contributed by atoms with Crippen molar-refractivity contribution in [3.63, 3.8) is 0 Å². The van der Waals surface area contributed by atoms with Gasteiger partial charge < -0.3 is 10.2 Å². The topological polar surface area (TPSA) is 97.9 Å². The maximum atomic E-state index is 12.9. The van der Waals surface area contributed by atoms with Crippen LogP contribution in [0.5, 0.6) is 0 Å². The summed E-state index contributed by atoms with van der Waals surface area (Å²) in [5, 5.41) is 7.37. The molecule has 1 aliphatic rings. The number of likely N-dealkylation sites (tertiary alicyclic amines) is 1. The number of aromatic nitrogens is 5. The Morgan fingerprint density at radius 3 is 2.75 bits per heavy atom. The van der Waals surface area contributed by atoms with Gasteiger partial charge in [-0.15, -0.1) is 0 Å². The van der Waals surface area contributed by atoms with Gasteiger partial charge in [-0.3, -0.25) is 14.3 Å². The zero-order valence-electron chi connectivity index (χ0n) is 13.8. The van der Waals surface area contributed by atoms with Gasteiger partial charge in [0.1, 0.15) is 11.9 Å². The van der Waals surface area contributed by atoms with Crippen LogP contribution in [-0.2, 0) is 25.4 Å². The lowest BCUT2D eigenvalue weighted by Gasteiger charge is -2.24. The standard InChI is InChI=1S/C15H21N7O2/c1-20-13(19-21(2)15(20)24)10-22-8-4-3-5-11(14(22)23)18-12-9-16-6-7-17-12/h6-7,9,11H,3-5,8,10H2,1-2H3,(H,17,18). The number of carbonyl (C=O) groups is 1. The highest BCUT2D eigenvalue weighted by molar-refractivity contribution is 5.84. The van der Waals surface area contributed by atoms with Gasteiger partial charge in [-0.05, 0) is 19.3 Å². The number of nitrogens with zero attached hydrogens (tertiary/aromatic N) is 6. The predicted molar refractivity (Wildman–Crippen MR) is 87.2 cm³/mol. The molecule has 3 rings (SSSR count). The maximum Gasteiger partial charge on any atom is 0.345 e. The molecule has 128 valence electrons. The Morgan fingerprint density at radius 2 is 2.08 bits per heavy atom. The summed E-state index contributed by atoms with van der Waals surface area (Å²) in [6.45, 7) is 0.978. The summed E-state index contributed by atoms with van der Waals surface area (Å²) in [5.74, 6) is 1.16. The second-order valence-corrected chi connectivity index (χ2v) is 5.92. The van der Waals surface area contributed by atoms with Crippen molar-refractivity contribution in [2.75, 3.05) is 11.9 Å². The van der Waals surface area contributed by atoms with E-state index in [1.54, 1.807) is 37.6 Å². The summed E-state index contributed by atoms with van der Waals surface area (Å²) >= 11 is 0. The lowest BCUT2D eigenvalue weighted by Crippen LogP contribution is -2.41. The van der Waals surface area contributed by atoms with E-state index >= 15 is 0 Å². The largest absolute Gasteiger partial charge is 0.357 e. The molecule has 1 unspecified atom stereocenters. The summed E-state index contributed by atoms with van der Waals surface area (Å²) in [4.78, 5) is 34.6. The van der Waals surface area contributed by atoms with Crippen molar-refractivity contribution in [1.82, 2.24) is 29.2 Å². The van der Waals surface area contributed by atoms with Crippen LogP contribution in [0.25, 0.3) is 0 Å². The molecule has 24 heavy (non-hydrogen) atoms. The molecule has 0 bridgehead atoms. The fourth-order valence-electron chi connectivity index (χ4n) is 2.87. The Labute approximate surface area is 139 Å². The van der Waals surface area contributed by atoms with Crippen LogP contribution in [0.4, 0.5) is 5.82 Å². The average Bonchev–Trinajstić information content (AvgIpc) is 2.73. The Hall–Kier alpha value is -2.71. The minimum Gasteiger partial charge on any atom is -0.357 e. The Bertz CT molecular complexity index is 768. The van der Waals surface area contributed by atoms with Gasteiger partial charge in [0, 0.05) is 33.0 Å². The number of aryl methyl sites for hydroxylation is 1. The molecule has 0 saturated carbocycles. The van der Waals surface area contributed by atoms with E-state index < -0.39 is 0 Å². The van der Waals surface area contributed by atoms with Gasteiger partial charge in [0.25, 0.3) is 0 Å². The Kier molecular flexibility index (Phi) is 4.59. The quantitative estimate of drug-likeness (QED) is 0.840. The van der Waals surface area contributed by atoms with E-state index in [1.165, 1.54) is 9.25 Å². The normalized spacial score (nSPS) is 18.5. The fourth-order valence-corrected chi connectivity index (χ4v) is 2.87. The number of anilines is 1. The fraction of sp³-hybridized carbons (Fsp3) is 0.533. The van der Waals surface area contributed by atoms with Gasteiger partial charge in [0.05, 0.1) is 12.7 Å². The summed E-state index contributed by atoms with van der Waals surface area (Å²) in [7, 11) is 3.27. The first-order chi connectivity index (χ1) is 11.6. The molecule has 1 aliphatic heterocycles.